The fourth-order valence-electron chi connectivity index (χ4n) is 2.43. The van der Waals surface area contributed by atoms with Crippen LogP contribution in [0.3, 0.4) is 0 Å². The van der Waals surface area contributed by atoms with Gasteiger partial charge in [0.05, 0.1) is 0 Å². The summed E-state index contributed by atoms with van der Waals surface area (Å²) in [5.74, 6) is -0.883. The van der Waals surface area contributed by atoms with Crippen molar-refractivity contribution < 1.29 is 14.3 Å². The van der Waals surface area contributed by atoms with Crippen LogP contribution in [0.2, 0.25) is 0 Å². The summed E-state index contributed by atoms with van der Waals surface area (Å²) >= 11 is 0. The highest BCUT2D eigenvalue weighted by Gasteiger charge is 2.25. The summed E-state index contributed by atoms with van der Waals surface area (Å²) in [5.41, 5.74) is -0.303. The van der Waals surface area contributed by atoms with Gasteiger partial charge in [-0.15, -0.1) is 0 Å². The Labute approximate surface area is 128 Å². The second-order valence-corrected chi connectivity index (χ2v) is 5.47. The van der Waals surface area contributed by atoms with E-state index in [4.69, 9.17) is 4.74 Å². The molecule has 0 N–H and O–H groups in total. The van der Waals surface area contributed by atoms with Crippen LogP contribution in [0.15, 0.2) is 16.9 Å². The predicted molar refractivity (Wildman–Crippen MR) is 79.4 cm³/mol. The molecule has 1 unspecified atom stereocenters. The van der Waals surface area contributed by atoms with E-state index in [1.807, 2.05) is 0 Å². The molecule has 0 radical (unpaired) electrons. The Kier molecular flexibility index (Phi) is 5.30. The number of nitrogens with zero attached hydrogens (tertiary/aromatic N) is 3. The molecule has 1 amide bonds. The van der Waals surface area contributed by atoms with E-state index >= 15 is 0 Å². The van der Waals surface area contributed by atoms with Gasteiger partial charge >= 0.3 is 5.97 Å². The Morgan fingerprint density at radius 3 is 2.41 bits per heavy atom. The molecule has 0 aromatic carbocycles. The number of rotatable bonds is 3. The summed E-state index contributed by atoms with van der Waals surface area (Å²) in [4.78, 5) is 37.3. The topological polar surface area (TPSA) is 81.5 Å². The number of carbonyl (C=O) groups is 2. The van der Waals surface area contributed by atoms with Crippen molar-refractivity contribution in [2.45, 2.75) is 38.7 Å². The Bertz CT molecular complexity index is 603. The van der Waals surface area contributed by atoms with Crippen molar-refractivity contribution in [3.05, 3.63) is 28.2 Å². The van der Waals surface area contributed by atoms with Gasteiger partial charge in [-0.25, -0.2) is 9.48 Å². The van der Waals surface area contributed by atoms with E-state index in [2.05, 4.69) is 5.10 Å². The van der Waals surface area contributed by atoms with Gasteiger partial charge in [-0.1, -0.05) is 12.8 Å². The summed E-state index contributed by atoms with van der Waals surface area (Å²) in [6.07, 6.45) is 3.35. The minimum Gasteiger partial charge on any atom is -0.448 e. The summed E-state index contributed by atoms with van der Waals surface area (Å²) in [6, 6.07) is 2.54. The molecule has 1 atom stereocenters. The summed E-state index contributed by atoms with van der Waals surface area (Å²) in [7, 11) is 1.45. The number of hydrogen-bond donors (Lipinski definition) is 0. The lowest BCUT2D eigenvalue weighted by Crippen LogP contribution is -2.40. The highest BCUT2D eigenvalue weighted by Crippen LogP contribution is 2.12. The van der Waals surface area contributed by atoms with Crippen LogP contribution in [-0.4, -0.2) is 45.8 Å². The van der Waals surface area contributed by atoms with Crippen molar-refractivity contribution in [1.29, 1.82) is 0 Å². The zero-order chi connectivity index (χ0) is 16.1. The van der Waals surface area contributed by atoms with Gasteiger partial charge in [-0.3, -0.25) is 9.59 Å². The molecule has 7 nitrogen and oxygen atoms in total. The van der Waals surface area contributed by atoms with E-state index in [1.165, 1.54) is 19.2 Å². The molecule has 7 heteroatoms. The summed E-state index contributed by atoms with van der Waals surface area (Å²) < 4.78 is 6.23. The third-order valence-electron chi connectivity index (χ3n) is 3.72. The molecule has 2 heterocycles. The Hall–Kier alpha value is -2.18. The van der Waals surface area contributed by atoms with Gasteiger partial charge in [0.2, 0.25) is 0 Å². The number of esters is 1. The van der Waals surface area contributed by atoms with Crippen LogP contribution in [0.4, 0.5) is 0 Å². The number of carbonyl (C=O) groups excluding carboxylic acids is 2. The normalized spacial score (nSPS) is 16.7. The lowest BCUT2D eigenvalue weighted by Gasteiger charge is -2.23. The van der Waals surface area contributed by atoms with Crippen molar-refractivity contribution in [2.24, 2.45) is 7.05 Å². The van der Waals surface area contributed by atoms with E-state index in [9.17, 15) is 14.4 Å². The minimum atomic E-state index is -0.857. The molecule has 120 valence electrons. The quantitative estimate of drug-likeness (QED) is 0.769. The van der Waals surface area contributed by atoms with Crippen LogP contribution in [0.25, 0.3) is 0 Å². The molecule has 1 aromatic rings. The zero-order valence-corrected chi connectivity index (χ0v) is 12.9. The average Bonchev–Trinajstić information content (AvgIpc) is 2.78. The molecule has 1 aromatic heterocycles. The Morgan fingerprint density at radius 1 is 1.18 bits per heavy atom. The first-order valence-corrected chi connectivity index (χ1v) is 7.53. The monoisotopic (exact) mass is 307 g/mol. The maximum Gasteiger partial charge on any atom is 0.359 e. The largest absolute Gasteiger partial charge is 0.448 e. The maximum absolute atomic E-state index is 12.3. The lowest BCUT2D eigenvalue weighted by atomic mass is 10.2. The van der Waals surface area contributed by atoms with Crippen molar-refractivity contribution in [2.75, 3.05) is 13.1 Å². The Morgan fingerprint density at radius 2 is 1.82 bits per heavy atom. The van der Waals surface area contributed by atoms with Gasteiger partial charge in [0.1, 0.15) is 0 Å². The fourth-order valence-corrected chi connectivity index (χ4v) is 2.43. The van der Waals surface area contributed by atoms with Crippen LogP contribution < -0.4 is 5.56 Å². The van der Waals surface area contributed by atoms with E-state index in [0.717, 1.165) is 30.4 Å². The molecular weight excluding hydrogens is 286 g/mol. The molecule has 1 saturated heterocycles. The number of amides is 1. The second kappa shape index (κ2) is 7.20. The van der Waals surface area contributed by atoms with Crippen LogP contribution in [0.1, 0.15) is 43.1 Å². The molecule has 0 aliphatic carbocycles. The third kappa shape index (κ3) is 3.93. The first-order chi connectivity index (χ1) is 10.5. The van der Waals surface area contributed by atoms with Crippen molar-refractivity contribution in [3.8, 4) is 0 Å². The zero-order valence-electron chi connectivity index (χ0n) is 12.9. The molecule has 0 bridgehead atoms. The van der Waals surface area contributed by atoms with Gasteiger partial charge in [-0.2, -0.15) is 5.10 Å². The standard InChI is InChI=1S/C15H21N3O4/c1-11(14(20)18-9-5-3-4-6-10-18)22-15(21)12-7-8-13(19)17(2)16-12/h7-8,11H,3-6,9-10H2,1-2H3. The van der Waals surface area contributed by atoms with Gasteiger partial charge < -0.3 is 9.64 Å². The predicted octanol–water partition coefficient (Wildman–Crippen LogP) is 0.728. The van der Waals surface area contributed by atoms with Gasteiger partial charge in [0.25, 0.3) is 11.5 Å². The first-order valence-electron chi connectivity index (χ1n) is 7.53. The van der Waals surface area contributed by atoms with Crippen LogP contribution in [0, 0.1) is 0 Å². The van der Waals surface area contributed by atoms with Crippen molar-refractivity contribution in [1.82, 2.24) is 14.7 Å². The molecule has 2 rings (SSSR count). The van der Waals surface area contributed by atoms with Gasteiger partial charge in [0.15, 0.2) is 11.8 Å². The number of hydrogen-bond acceptors (Lipinski definition) is 5. The number of ether oxygens (including phenoxy) is 1. The second-order valence-electron chi connectivity index (χ2n) is 5.47. The van der Waals surface area contributed by atoms with Crippen molar-refractivity contribution in [3.63, 3.8) is 0 Å². The summed E-state index contributed by atoms with van der Waals surface area (Å²) in [5, 5.41) is 3.82. The first kappa shape index (κ1) is 16.2. The van der Waals surface area contributed by atoms with E-state index in [1.54, 1.807) is 11.8 Å². The summed E-state index contributed by atoms with van der Waals surface area (Å²) in [6.45, 7) is 2.98. The lowest BCUT2D eigenvalue weighted by molar-refractivity contribution is -0.139. The van der Waals surface area contributed by atoms with Crippen molar-refractivity contribution >= 4 is 11.9 Å². The van der Waals surface area contributed by atoms with E-state index in [-0.39, 0.29) is 17.2 Å². The SMILES string of the molecule is CC(OC(=O)c1ccc(=O)n(C)n1)C(=O)N1CCCCCC1. The maximum atomic E-state index is 12.3. The molecule has 0 saturated carbocycles. The van der Waals surface area contributed by atoms with E-state index < -0.39 is 12.1 Å². The molecule has 1 aliphatic heterocycles. The highest BCUT2D eigenvalue weighted by molar-refractivity contribution is 5.90. The smallest absolute Gasteiger partial charge is 0.359 e. The average molecular weight is 307 g/mol. The number of likely N-dealkylation sites (tertiary alicyclic amines) is 1. The van der Waals surface area contributed by atoms with Crippen LogP contribution >= 0.6 is 0 Å². The molecular formula is C15H21N3O4. The van der Waals surface area contributed by atoms with Gasteiger partial charge in [-0.05, 0) is 25.8 Å². The number of aromatic nitrogens is 2. The third-order valence-corrected chi connectivity index (χ3v) is 3.72. The van der Waals surface area contributed by atoms with Crippen LogP contribution in [0.5, 0.6) is 0 Å². The minimum absolute atomic E-state index is 0.0117. The molecule has 1 aliphatic rings. The fraction of sp³-hybridized carbons (Fsp3) is 0.600. The molecule has 1 fully saturated rings. The molecule has 0 spiro atoms. The van der Waals surface area contributed by atoms with Gasteiger partial charge in [0, 0.05) is 26.2 Å². The molecule has 22 heavy (non-hydrogen) atoms. The number of aryl methyl sites for hydroxylation is 1. The van der Waals surface area contributed by atoms with E-state index in [0.29, 0.717) is 13.1 Å². The Balaban J connectivity index is 1.99. The highest BCUT2D eigenvalue weighted by atomic mass is 16.5. The van der Waals surface area contributed by atoms with Crippen LogP contribution in [-0.2, 0) is 16.6 Å².